The smallest absolute Gasteiger partial charge is 0.148 e. The highest BCUT2D eigenvalue weighted by atomic mass is 35.5. The fourth-order valence-electron chi connectivity index (χ4n) is 2.22. The molecule has 0 aliphatic heterocycles. The fourth-order valence-corrected chi connectivity index (χ4v) is 2.39. The minimum Gasteiger partial charge on any atom is -0.368 e. The third kappa shape index (κ3) is 3.08. The van der Waals surface area contributed by atoms with E-state index in [1.807, 2.05) is 0 Å². The largest absolute Gasteiger partial charge is 0.368 e. The number of rotatable bonds is 3. The molecule has 88 valence electrons. The molecule has 3 nitrogen and oxygen atoms in total. The van der Waals surface area contributed by atoms with Crippen LogP contribution < -0.4 is 5.32 Å². The minimum absolute atomic E-state index is 0.603. The summed E-state index contributed by atoms with van der Waals surface area (Å²) in [5, 5.41) is 3.92. The van der Waals surface area contributed by atoms with Crippen LogP contribution in [0.25, 0.3) is 0 Å². The molecule has 0 atom stereocenters. The monoisotopic (exact) mass is 239 g/mol. The summed E-state index contributed by atoms with van der Waals surface area (Å²) < 4.78 is 0. The maximum atomic E-state index is 5.98. The van der Waals surface area contributed by atoms with Crippen molar-refractivity contribution in [2.75, 3.05) is 11.9 Å². The number of anilines is 1. The zero-order valence-corrected chi connectivity index (χ0v) is 10.4. The third-order valence-corrected chi connectivity index (χ3v) is 3.64. The van der Waals surface area contributed by atoms with Gasteiger partial charge in [-0.15, -0.1) is 0 Å². The summed E-state index contributed by atoms with van der Waals surface area (Å²) in [6.45, 7) is 3.31. The van der Waals surface area contributed by atoms with E-state index in [0.717, 1.165) is 24.2 Å². The van der Waals surface area contributed by atoms with Crippen LogP contribution in [0, 0.1) is 11.8 Å². The Hall–Kier alpha value is -0.830. The molecule has 0 saturated heterocycles. The van der Waals surface area contributed by atoms with Crippen LogP contribution in [0.15, 0.2) is 12.5 Å². The van der Waals surface area contributed by atoms with E-state index in [2.05, 4.69) is 22.2 Å². The SMILES string of the molecule is CC1CCC(CNc2ncncc2Cl)CC1. The summed E-state index contributed by atoms with van der Waals surface area (Å²) in [4.78, 5) is 7.99. The molecule has 4 heteroatoms. The van der Waals surface area contributed by atoms with Gasteiger partial charge in [0.2, 0.25) is 0 Å². The van der Waals surface area contributed by atoms with Gasteiger partial charge in [-0.25, -0.2) is 9.97 Å². The van der Waals surface area contributed by atoms with Gasteiger partial charge in [-0.1, -0.05) is 31.4 Å². The Morgan fingerprint density at radius 2 is 2.12 bits per heavy atom. The van der Waals surface area contributed by atoms with Crippen molar-refractivity contribution >= 4 is 17.4 Å². The molecule has 0 unspecified atom stereocenters. The second-order valence-corrected chi connectivity index (χ2v) is 5.13. The van der Waals surface area contributed by atoms with Gasteiger partial charge in [0, 0.05) is 6.54 Å². The lowest BCUT2D eigenvalue weighted by Gasteiger charge is -2.26. The van der Waals surface area contributed by atoms with Crippen LogP contribution in [0.1, 0.15) is 32.6 Å². The van der Waals surface area contributed by atoms with Crippen molar-refractivity contribution in [2.24, 2.45) is 11.8 Å². The summed E-state index contributed by atoms with van der Waals surface area (Å²) in [5.74, 6) is 2.43. The van der Waals surface area contributed by atoms with E-state index in [4.69, 9.17) is 11.6 Å². The molecular formula is C12H18ClN3. The zero-order chi connectivity index (χ0) is 11.4. The Bertz CT molecular complexity index is 335. The number of aromatic nitrogens is 2. The molecule has 0 amide bonds. The van der Waals surface area contributed by atoms with Gasteiger partial charge in [0.05, 0.1) is 6.20 Å². The van der Waals surface area contributed by atoms with E-state index in [9.17, 15) is 0 Å². The average molecular weight is 240 g/mol. The maximum absolute atomic E-state index is 5.98. The zero-order valence-electron chi connectivity index (χ0n) is 9.62. The lowest BCUT2D eigenvalue weighted by Crippen LogP contribution is -2.20. The standard InChI is InChI=1S/C12H18ClN3/c1-9-2-4-10(5-3-9)6-15-12-11(13)7-14-8-16-12/h7-10H,2-6H2,1H3,(H,14,15,16). The van der Waals surface area contributed by atoms with Crippen molar-refractivity contribution in [1.29, 1.82) is 0 Å². The van der Waals surface area contributed by atoms with Crippen molar-refractivity contribution in [3.05, 3.63) is 17.5 Å². The molecule has 1 aromatic heterocycles. The average Bonchev–Trinajstić information content (AvgIpc) is 2.30. The summed E-state index contributed by atoms with van der Waals surface area (Å²) in [6.07, 6.45) is 8.48. The molecule has 1 aliphatic rings. The predicted molar refractivity (Wildman–Crippen MR) is 66.7 cm³/mol. The van der Waals surface area contributed by atoms with Gasteiger partial charge < -0.3 is 5.32 Å². The molecule has 0 radical (unpaired) electrons. The Morgan fingerprint density at radius 1 is 1.38 bits per heavy atom. The second kappa shape index (κ2) is 5.48. The van der Waals surface area contributed by atoms with Crippen molar-refractivity contribution in [3.8, 4) is 0 Å². The van der Waals surface area contributed by atoms with Crippen molar-refractivity contribution in [2.45, 2.75) is 32.6 Å². The number of nitrogens with zero attached hydrogens (tertiary/aromatic N) is 2. The molecule has 0 spiro atoms. The third-order valence-electron chi connectivity index (χ3n) is 3.36. The van der Waals surface area contributed by atoms with Gasteiger partial charge in [0.25, 0.3) is 0 Å². The first kappa shape index (κ1) is 11.6. The summed E-state index contributed by atoms with van der Waals surface area (Å²) >= 11 is 5.98. The van der Waals surface area contributed by atoms with Crippen molar-refractivity contribution < 1.29 is 0 Å². The van der Waals surface area contributed by atoms with Gasteiger partial charge in [0.15, 0.2) is 0 Å². The molecular weight excluding hydrogens is 222 g/mol. The first-order valence-corrected chi connectivity index (χ1v) is 6.33. The van der Waals surface area contributed by atoms with Crippen LogP contribution in [0.2, 0.25) is 5.02 Å². The summed E-state index contributed by atoms with van der Waals surface area (Å²) in [6, 6.07) is 0. The Balaban J connectivity index is 1.81. The predicted octanol–water partition coefficient (Wildman–Crippen LogP) is 3.37. The van der Waals surface area contributed by atoms with Gasteiger partial charge in [-0.3, -0.25) is 0 Å². The van der Waals surface area contributed by atoms with Gasteiger partial charge >= 0.3 is 0 Å². The molecule has 1 N–H and O–H groups in total. The highest BCUT2D eigenvalue weighted by molar-refractivity contribution is 6.32. The van der Waals surface area contributed by atoms with Gasteiger partial charge in [0.1, 0.15) is 17.2 Å². The van der Waals surface area contributed by atoms with Gasteiger partial charge in [-0.05, 0) is 24.7 Å². The highest BCUT2D eigenvalue weighted by Gasteiger charge is 2.18. The first-order chi connectivity index (χ1) is 7.75. The summed E-state index contributed by atoms with van der Waals surface area (Å²) in [5.41, 5.74) is 0. The van der Waals surface area contributed by atoms with E-state index < -0.39 is 0 Å². The second-order valence-electron chi connectivity index (χ2n) is 4.73. The molecule has 1 aromatic rings. The van der Waals surface area contributed by atoms with Crippen molar-refractivity contribution in [3.63, 3.8) is 0 Å². The molecule has 1 fully saturated rings. The number of hydrogen-bond acceptors (Lipinski definition) is 3. The summed E-state index contributed by atoms with van der Waals surface area (Å²) in [7, 11) is 0. The lowest BCUT2D eigenvalue weighted by molar-refractivity contribution is 0.300. The van der Waals surface area contributed by atoms with Crippen LogP contribution in [0.5, 0.6) is 0 Å². The topological polar surface area (TPSA) is 37.8 Å². The fraction of sp³-hybridized carbons (Fsp3) is 0.667. The van der Waals surface area contributed by atoms with Crippen LogP contribution >= 0.6 is 11.6 Å². The molecule has 2 rings (SSSR count). The first-order valence-electron chi connectivity index (χ1n) is 5.95. The van der Waals surface area contributed by atoms with E-state index in [0.29, 0.717) is 5.02 Å². The Labute approximate surface area is 102 Å². The lowest BCUT2D eigenvalue weighted by atomic mass is 9.83. The maximum Gasteiger partial charge on any atom is 0.148 e. The van der Waals surface area contributed by atoms with Crippen LogP contribution in [0.3, 0.4) is 0 Å². The quantitative estimate of drug-likeness (QED) is 0.879. The van der Waals surface area contributed by atoms with Crippen LogP contribution in [-0.4, -0.2) is 16.5 Å². The minimum atomic E-state index is 0.603. The normalized spacial score (nSPS) is 25.4. The molecule has 16 heavy (non-hydrogen) atoms. The van der Waals surface area contributed by atoms with Crippen molar-refractivity contribution in [1.82, 2.24) is 9.97 Å². The molecule has 1 saturated carbocycles. The Morgan fingerprint density at radius 3 is 2.81 bits per heavy atom. The highest BCUT2D eigenvalue weighted by Crippen LogP contribution is 2.28. The molecule has 1 heterocycles. The van der Waals surface area contributed by atoms with Gasteiger partial charge in [-0.2, -0.15) is 0 Å². The van der Waals surface area contributed by atoms with E-state index >= 15 is 0 Å². The Kier molecular flexibility index (Phi) is 3.99. The van der Waals surface area contributed by atoms with Crippen LogP contribution in [-0.2, 0) is 0 Å². The number of nitrogens with one attached hydrogen (secondary N) is 1. The molecule has 0 aromatic carbocycles. The van der Waals surface area contributed by atoms with E-state index in [-0.39, 0.29) is 0 Å². The molecule has 0 bridgehead atoms. The van der Waals surface area contributed by atoms with E-state index in [1.165, 1.54) is 32.0 Å². The van der Waals surface area contributed by atoms with E-state index in [1.54, 1.807) is 6.20 Å². The number of halogens is 1. The number of hydrogen-bond donors (Lipinski definition) is 1. The molecule has 1 aliphatic carbocycles. The van der Waals surface area contributed by atoms with Crippen LogP contribution in [0.4, 0.5) is 5.82 Å².